The van der Waals surface area contributed by atoms with Crippen LogP contribution in [0, 0.1) is 6.92 Å². The smallest absolute Gasteiger partial charge is 0.0562 e. The highest BCUT2D eigenvalue weighted by Gasteiger charge is 2.25. The molecule has 11 rings (SSSR count). The van der Waals surface area contributed by atoms with Crippen molar-refractivity contribution in [2.24, 2.45) is 0 Å². The van der Waals surface area contributed by atoms with Crippen molar-refractivity contribution in [2.45, 2.75) is 6.92 Å². The van der Waals surface area contributed by atoms with Gasteiger partial charge in [-0.15, -0.1) is 0 Å². The van der Waals surface area contributed by atoms with Crippen LogP contribution in [0.5, 0.6) is 0 Å². The number of aryl methyl sites for hydroxylation is 1. The van der Waals surface area contributed by atoms with Gasteiger partial charge in [-0.05, 0) is 120 Å². The van der Waals surface area contributed by atoms with Gasteiger partial charge >= 0.3 is 0 Å². The van der Waals surface area contributed by atoms with E-state index in [0.717, 1.165) is 72.8 Å². The van der Waals surface area contributed by atoms with Gasteiger partial charge in [0.1, 0.15) is 0 Å². The summed E-state index contributed by atoms with van der Waals surface area (Å²) in [5, 5.41) is 4.79. The summed E-state index contributed by atoms with van der Waals surface area (Å²) < 4.78 is 4.80. The topological polar surface area (TPSA) is 38.9 Å². The average molecular weight is 744 g/mol. The molecule has 11 aromatic rings. The first-order valence-electron chi connectivity index (χ1n) is 19.6. The van der Waals surface area contributed by atoms with Crippen LogP contribution in [0.3, 0.4) is 0 Å². The van der Waals surface area contributed by atoms with Crippen LogP contribution in [-0.4, -0.2) is 19.1 Å². The lowest BCUT2D eigenvalue weighted by Crippen LogP contribution is -2.11. The number of para-hydroxylation sites is 2. The molecular weight excluding hydrogens is 707 g/mol. The zero-order chi connectivity index (χ0) is 38.6. The largest absolute Gasteiger partial charge is 0.309 e. The maximum atomic E-state index is 4.35. The maximum absolute atomic E-state index is 4.35. The van der Waals surface area contributed by atoms with Gasteiger partial charge in [-0.2, -0.15) is 0 Å². The molecule has 0 fully saturated rings. The van der Waals surface area contributed by atoms with Crippen LogP contribution in [0.25, 0.3) is 77.2 Å². The van der Waals surface area contributed by atoms with Gasteiger partial charge in [-0.1, -0.05) is 97.1 Å². The Hall–Kier alpha value is -7.76. The molecule has 5 heteroatoms. The van der Waals surface area contributed by atoms with Crippen LogP contribution in [-0.2, 0) is 0 Å². The quantitative estimate of drug-likeness (QED) is 0.163. The van der Waals surface area contributed by atoms with Crippen LogP contribution in [0.15, 0.2) is 207 Å². The van der Waals surface area contributed by atoms with Gasteiger partial charge in [0, 0.05) is 63.4 Å². The van der Waals surface area contributed by atoms with E-state index in [1.54, 1.807) is 0 Å². The Balaban J connectivity index is 1.15. The number of hydrogen-bond donors (Lipinski definition) is 0. The maximum Gasteiger partial charge on any atom is 0.0562 e. The summed E-state index contributed by atoms with van der Waals surface area (Å²) in [4.78, 5) is 11.2. The first kappa shape index (κ1) is 33.6. The van der Waals surface area contributed by atoms with Gasteiger partial charge in [0.25, 0.3) is 0 Å². The fourth-order valence-corrected chi connectivity index (χ4v) is 8.78. The second kappa shape index (κ2) is 13.8. The highest BCUT2D eigenvalue weighted by atomic mass is 15.2. The summed E-state index contributed by atoms with van der Waals surface area (Å²) in [7, 11) is 0. The third-order valence-corrected chi connectivity index (χ3v) is 11.3. The van der Waals surface area contributed by atoms with E-state index in [2.05, 4.69) is 201 Å². The Labute approximate surface area is 336 Å². The highest BCUT2D eigenvalue weighted by Crippen LogP contribution is 2.48. The van der Waals surface area contributed by atoms with Crippen molar-refractivity contribution in [1.82, 2.24) is 19.1 Å². The number of rotatable bonds is 7. The van der Waals surface area contributed by atoms with Crippen LogP contribution in [0.2, 0.25) is 0 Å². The molecule has 0 spiro atoms. The highest BCUT2D eigenvalue weighted by molar-refractivity contribution is 6.20. The van der Waals surface area contributed by atoms with Crippen molar-refractivity contribution >= 4 is 60.7 Å². The van der Waals surface area contributed by atoms with E-state index >= 15 is 0 Å². The molecule has 0 aliphatic rings. The van der Waals surface area contributed by atoms with Crippen LogP contribution in [0.4, 0.5) is 17.1 Å². The molecule has 0 radical (unpaired) electrons. The summed E-state index contributed by atoms with van der Waals surface area (Å²) in [6.07, 6.45) is 7.46. The number of fused-ring (bicyclic) bond motifs is 6. The van der Waals surface area contributed by atoms with E-state index in [9.17, 15) is 0 Å². The second-order valence-corrected chi connectivity index (χ2v) is 14.8. The molecule has 4 aromatic heterocycles. The Morgan fingerprint density at radius 3 is 1.33 bits per heavy atom. The first-order valence-corrected chi connectivity index (χ1v) is 19.6. The van der Waals surface area contributed by atoms with Crippen LogP contribution >= 0.6 is 0 Å². The summed E-state index contributed by atoms with van der Waals surface area (Å²) >= 11 is 0. The van der Waals surface area contributed by atoms with Gasteiger partial charge in [-0.3, -0.25) is 9.97 Å². The minimum absolute atomic E-state index is 1.10. The lowest BCUT2D eigenvalue weighted by molar-refractivity contribution is 1.18. The van der Waals surface area contributed by atoms with E-state index < -0.39 is 0 Å². The standard InChI is InChI=1S/C53H37N5/c1-36-11-6-14-43(33-36)58(50-21-7-19-48-52(50)44-15-2-4-17-46(44)56(48)41-27-23-37(24-28-41)39-12-9-31-54-34-39)51-22-8-20-49-53(51)45-16-3-5-18-47(45)57(49)42-29-25-38(26-30-42)40-13-10-32-55-35-40/h2-35H,1H3. The van der Waals surface area contributed by atoms with E-state index in [1.165, 1.54) is 27.1 Å². The van der Waals surface area contributed by atoms with Crippen molar-refractivity contribution in [3.05, 3.63) is 212 Å². The summed E-state index contributed by atoms with van der Waals surface area (Å²) in [6.45, 7) is 2.17. The molecule has 0 bridgehead atoms. The summed E-state index contributed by atoms with van der Waals surface area (Å²) in [6, 6.07) is 65.7. The molecule has 58 heavy (non-hydrogen) atoms. The van der Waals surface area contributed by atoms with Gasteiger partial charge in [0.15, 0.2) is 0 Å². The third-order valence-electron chi connectivity index (χ3n) is 11.3. The minimum atomic E-state index is 1.10. The molecule has 0 unspecified atom stereocenters. The molecule has 0 N–H and O–H groups in total. The molecule has 4 heterocycles. The predicted octanol–water partition coefficient (Wildman–Crippen LogP) is 13.8. The van der Waals surface area contributed by atoms with Crippen molar-refractivity contribution in [3.63, 3.8) is 0 Å². The van der Waals surface area contributed by atoms with E-state index in [-0.39, 0.29) is 0 Å². The molecule has 0 aliphatic carbocycles. The van der Waals surface area contributed by atoms with Gasteiger partial charge in [-0.25, -0.2) is 0 Å². The fraction of sp³-hybridized carbons (Fsp3) is 0.0189. The Morgan fingerprint density at radius 2 is 0.862 bits per heavy atom. The lowest BCUT2D eigenvalue weighted by atomic mass is 10.0. The molecule has 0 atom stereocenters. The molecule has 0 saturated heterocycles. The Bertz CT molecular complexity index is 3070. The number of anilines is 3. The number of aromatic nitrogens is 4. The van der Waals surface area contributed by atoms with E-state index in [0.29, 0.717) is 0 Å². The number of benzene rings is 7. The zero-order valence-electron chi connectivity index (χ0n) is 31.9. The van der Waals surface area contributed by atoms with Gasteiger partial charge < -0.3 is 14.0 Å². The van der Waals surface area contributed by atoms with E-state index in [4.69, 9.17) is 0 Å². The Morgan fingerprint density at radius 1 is 0.397 bits per heavy atom. The molecule has 0 amide bonds. The number of hydrogen-bond acceptors (Lipinski definition) is 3. The molecular formula is C53H37N5. The van der Waals surface area contributed by atoms with Crippen molar-refractivity contribution < 1.29 is 0 Å². The molecule has 0 saturated carbocycles. The van der Waals surface area contributed by atoms with Gasteiger partial charge in [0.2, 0.25) is 0 Å². The van der Waals surface area contributed by atoms with Crippen molar-refractivity contribution in [2.75, 3.05) is 4.90 Å². The van der Waals surface area contributed by atoms with Crippen LogP contribution < -0.4 is 4.90 Å². The molecule has 274 valence electrons. The second-order valence-electron chi connectivity index (χ2n) is 14.8. The molecule has 0 aliphatic heterocycles. The van der Waals surface area contributed by atoms with Crippen LogP contribution in [0.1, 0.15) is 5.56 Å². The van der Waals surface area contributed by atoms with Crippen molar-refractivity contribution in [1.29, 1.82) is 0 Å². The van der Waals surface area contributed by atoms with Crippen molar-refractivity contribution in [3.8, 4) is 33.6 Å². The molecule has 7 aromatic carbocycles. The number of nitrogens with zero attached hydrogens (tertiary/aromatic N) is 5. The van der Waals surface area contributed by atoms with Gasteiger partial charge in [0.05, 0.1) is 33.4 Å². The zero-order valence-corrected chi connectivity index (χ0v) is 31.9. The normalized spacial score (nSPS) is 11.5. The number of pyridine rings is 2. The van der Waals surface area contributed by atoms with E-state index in [1.807, 2.05) is 36.9 Å². The lowest BCUT2D eigenvalue weighted by Gasteiger charge is -2.28. The predicted molar refractivity (Wildman–Crippen MR) is 241 cm³/mol. The fourth-order valence-electron chi connectivity index (χ4n) is 8.78. The first-order chi connectivity index (χ1) is 28.7. The minimum Gasteiger partial charge on any atom is -0.309 e. The third kappa shape index (κ3) is 5.47. The summed E-state index contributed by atoms with van der Waals surface area (Å²) in [5.74, 6) is 0. The average Bonchev–Trinajstić information content (AvgIpc) is 3.81. The monoisotopic (exact) mass is 743 g/mol. The Kier molecular flexibility index (Phi) is 7.97. The SMILES string of the molecule is Cc1cccc(N(c2cccc3c2c2ccccc2n3-c2ccc(-c3cccnc3)cc2)c2cccc3c2c2ccccc2n3-c2ccc(-c3cccnc3)cc2)c1. The summed E-state index contributed by atoms with van der Waals surface area (Å²) in [5.41, 5.74) is 15.9. The molecule has 5 nitrogen and oxygen atoms in total.